The van der Waals surface area contributed by atoms with Gasteiger partial charge in [0, 0.05) is 21.2 Å². The summed E-state index contributed by atoms with van der Waals surface area (Å²) < 4.78 is 1.25. The molecule has 0 unspecified atom stereocenters. The number of thiazole rings is 1. The van der Waals surface area contributed by atoms with Gasteiger partial charge in [-0.1, -0.05) is 6.07 Å². The van der Waals surface area contributed by atoms with Gasteiger partial charge in [0.05, 0.1) is 11.7 Å². The summed E-state index contributed by atoms with van der Waals surface area (Å²) in [4.78, 5) is 46.0. The molecular formula is C16H11N5O3S3. The van der Waals surface area contributed by atoms with E-state index in [2.05, 4.69) is 15.3 Å². The smallest absolute Gasteiger partial charge is 0.268 e. The SMILES string of the molecule is NC(=O)c1csc(NC(=O)Cn2cnc3scc(-c4cccs4)c3c2=O)n1. The molecule has 0 aromatic carbocycles. The molecule has 4 aromatic heterocycles. The van der Waals surface area contributed by atoms with E-state index in [-0.39, 0.29) is 22.9 Å². The average molecular weight is 417 g/mol. The maximum Gasteiger partial charge on any atom is 0.268 e. The van der Waals surface area contributed by atoms with E-state index in [1.165, 1.54) is 38.9 Å². The van der Waals surface area contributed by atoms with Crippen molar-refractivity contribution < 1.29 is 9.59 Å². The van der Waals surface area contributed by atoms with Crippen LogP contribution in [0.15, 0.2) is 39.4 Å². The van der Waals surface area contributed by atoms with E-state index >= 15 is 0 Å². The molecule has 0 aliphatic carbocycles. The Hall–Kier alpha value is -2.89. The van der Waals surface area contributed by atoms with Gasteiger partial charge in [0.2, 0.25) is 5.91 Å². The van der Waals surface area contributed by atoms with Gasteiger partial charge in [-0.2, -0.15) is 0 Å². The van der Waals surface area contributed by atoms with Gasteiger partial charge in [-0.25, -0.2) is 9.97 Å². The van der Waals surface area contributed by atoms with E-state index in [4.69, 9.17) is 5.73 Å². The van der Waals surface area contributed by atoms with E-state index in [9.17, 15) is 14.4 Å². The number of anilines is 1. The first-order chi connectivity index (χ1) is 13.0. The quantitative estimate of drug-likeness (QED) is 0.517. The van der Waals surface area contributed by atoms with Gasteiger partial charge < -0.3 is 11.1 Å². The molecule has 3 N–H and O–H groups in total. The molecule has 0 radical (unpaired) electrons. The molecule has 0 fully saturated rings. The molecule has 4 aromatic rings. The number of nitrogens with two attached hydrogens (primary N) is 1. The molecule has 136 valence electrons. The van der Waals surface area contributed by atoms with Crippen LogP contribution in [0.5, 0.6) is 0 Å². The lowest BCUT2D eigenvalue weighted by molar-refractivity contribution is -0.116. The second-order valence-electron chi connectivity index (χ2n) is 5.43. The zero-order valence-corrected chi connectivity index (χ0v) is 16.0. The molecule has 4 heterocycles. The molecule has 0 spiro atoms. The zero-order chi connectivity index (χ0) is 19.0. The highest BCUT2D eigenvalue weighted by atomic mass is 32.1. The van der Waals surface area contributed by atoms with Crippen LogP contribution in [0.1, 0.15) is 10.5 Å². The van der Waals surface area contributed by atoms with Gasteiger partial charge in [0.15, 0.2) is 5.13 Å². The third-order valence-electron chi connectivity index (χ3n) is 3.66. The molecule has 8 nitrogen and oxygen atoms in total. The van der Waals surface area contributed by atoms with Gasteiger partial charge in [-0.15, -0.1) is 34.0 Å². The summed E-state index contributed by atoms with van der Waals surface area (Å²) in [5.74, 6) is -1.12. The summed E-state index contributed by atoms with van der Waals surface area (Å²) in [6.07, 6.45) is 1.36. The third kappa shape index (κ3) is 3.39. The molecule has 2 amide bonds. The molecule has 11 heteroatoms. The molecule has 0 bridgehead atoms. The summed E-state index contributed by atoms with van der Waals surface area (Å²) >= 11 is 4.01. The van der Waals surface area contributed by atoms with Crippen LogP contribution in [0.3, 0.4) is 0 Å². The van der Waals surface area contributed by atoms with Gasteiger partial charge in [-0.05, 0) is 11.4 Å². The lowest BCUT2D eigenvalue weighted by atomic mass is 10.2. The van der Waals surface area contributed by atoms with Crippen LogP contribution in [0, 0.1) is 0 Å². The average Bonchev–Trinajstić information content (AvgIpc) is 3.36. The number of carbonyl (C=O) groups is 2. The summed E-state index contributed by atoms with van der Waals surface area (Å²) in [6.45, 7) is -0.215. The number of primary amides is 1. The Morgan fingerprint density at radius 2 is 2.07 bits per heavy atom. The fourth-order valence-corrected chi connectivity index (χ4v) is 4.89. The van der Waals surface area contributed by atoms with Crippen molar-refractivity contribution in [3.63, 3.8) is 0 Å². The number of nitrogens with zero attached hydrogens (tertiary/aromatic N) is 3. The van der Waals surface area contributed by atoms with Crippen LogP contribution >= 0.6 is 34.0 Å². The van der Waals surface area contributed by atoms with E-state index in [1.807, 2.05) is 22.9 Å². The predicted octanol–water partition coefficient (Wildman–Crippen LogP) is 2.38. The van der Waals surface area contributed by atoms with Crippen molar-refractivity contribution >= 4 is 61.2 Å². The Morgan fingerprint density at radius 1 is 1.22 bits per heavy atom. The summed E-state index contributed by atoms with van der Waals surface area (Å²) in [7, 11) is 0. The summed E-state index contributed by atoms with van der Waals surface area (Å²) in [5.41, 5.74) is 5.76. The first-order valence-corrected chi connectivity index (χ1v) is 10.2. The summed E-state index contributed by atoms with van der Waals surface area (Å²) in [6, 6.07) is 3.86. The number of thiophene rings is 2. The maximum atomic E-state index is 12.9. The number of hydrogen-bond acceptors (Lipinski definition) is 8. The third-order valence-corrected chi connectivity index (χ3v) is 6.21. The highest BCUT2D eigenvalue weighted by molar-refractivity contribution is 7.18. The van der Waals surface area contributed by atoms with Gasteiger partial charge >= 0.3 is 0 Å². The summed E-state index contributed by atoms with van der Waals surface area (Å²) in [5, 5.41) is 8.59. The van der Waals surface area contributed by atoms with Crippen LogP contribution in [-0.4, -0.2) is 26.3 Å². The monoisotopic (exact) mass is 417 g/mol. The van der Waals surface area contributed by atoms with Crippen LogP contribution < -0.4 is 16.6 Å². The number of nitrogens with one attached hydrogen (secondary N) is 1. The molecule has 0 aliphatic heterocycles. The molecule has 0 aliphatic rings. The molecule has 27 heavy (non-hydrogen) atoms. The minimum atomic E-state index is -0.670. The van der Waals surface area contributed by atoms with Gasteiger partial charge in [0.25, 0.3) is 11.5 Å². The van der Waals surface area contributed by atoms with Crippen LogP contribution in [0.2, 0.25) is 0 Å². The first kappa shape index (κ1) is 17.5. The number of hydrogen-bond donors (Lipinski definition) is 2. The fourth-order valence-electron chi connectivity index (χ4n) is 2.45. The van der Waals surface area contributed by atoms with Gasteiger partial charge in [-0.3, -0.25) is 19.0 Å². The first-order valence-electron chi connectivity index (χ1n) is 7.58. The normalized spacial score (nSPS) is 11.0. The minimum absolute atomic E-state index is 0.0782. The van der Waals surface area contributed by atoms with Crippen molar-refractivity contribution in [3.05, 3.63) is 50.6 Å². The van der Waals surface area contributed by atoms with E-state index < -0.39 is 11.8 Å². The van der Waals surface area contributed by atoms with Crippen molar-refractivity contribution in [1.29, 1.82) is 0 Å². The number of fused-ring (bicyclic) bond motifs is 1. The van der Waals surface area contributed by atoms with Crippen molar-refractivity contribution in [2.24, 2.45) is 5.73 Å². The minimum Gasteiger partial charge on any atom is -0.364 e. The molecular weight excluding hydrogens is 406 g/mol. The highest BCUT2D eigenvalue weighted by Crippen LogP contribution is 2.33. The van der Waals surface area contributed by atoms with Crippen LogP contribution in [-0.2, 0) is 11.3 Å². The largest absolute Gasteiger partial charge is 0.364 e. The Balaban J connectivity index is 1.61. The Bertz CT molecular complexity index is 1210. The molecule has 0 saturated heterocycles. The van der Waals surface area contributed by atoms with Gasteiger partial charge in [0.1, 0.15) is 17.1 Å². The Kier molecular flexibility index (Phi) is 4.56. The highest BCUT2D eigenvalue weighted by Gasteiger charge is 2.16. The number of carbonyl (C=O) groups excluding carboxylic acids is 2. The zero-order valence-electron chi connectivity index (χ0n) is 13.5. The Morgan fingerprint density at radius 3 is 2.78 bits per heavy atom. The van der Waals surface area contributed by atoms with E-state index in [1.54, 1.807) is 0 Å². The lowest BCUT2D eigenvalue weighted by Crippen LogP contribution is -2.27. The van der Waals surface area contributed by atoms with Crippen LogP contribution in [0.25, 0.3) is 20.7 Å². The maximum absolute atomic E-state index is 12.9. The van der Waals surface area contributed by atoms with E-state index in [0.717, 1.165) is 21.8 Å². The number of aromatic nitrogens is 3. The second kappa shape index (κ2) is 7.02. The topological polar surface area (TPSA) is 120 Å². The van der Waals surface area contributed by atoms with E-state index in [0.29, 0.717) is 10.2 Å². The number of rotatable bonds is 5. The number of amides is 2. The standard InChI is InChI=1S/C16H11N5O3S3/c17-13(23)9-6-27-16(19-9)20-11(22)4-21-7-18-14-12(15(21)24)8(5-26-14)10-2-1-3-25-10/h1-3,5-7H,4H2,(H2,17,23)(H,19,20,22). The molecule has 0 saturated carbocycles. The fraction of sp³-hybridized carbons (Fsp3) is 0.0625. The van der Waals surface area contributed by atoms with Crippen molar-refractivity contribution in [3.8, 4) is 10.4 Å². The lowest BCUT2D eigenvalue weighted by Gasteiger charge is -2.05. The van der Waals surface area contributed by atoms with Crippen LogP contribution in [0.4, 0.5) is 5.13 Å². The van der Waals surface area contributed by atoms with Crippen molar-refractivity contribution in [2.45, 2.75) is 6.54 Å². The molecule has 4 rings (SSSR count). The second-order valence-corrected chi connectivity index (χ2v) is 8.10. The van der Waals surface area contributed by atoms with Crippen molar-refractivity contribution in [2.75, 3.05) is 5.32 Å². The van der Waals surface area contributed by atoms with Crippen molar-refractivity contribution in [1.82, 2.24) is 14.5 Å². The Labute approximate surface area is 163 Å². The molecule has 0 atom stereocenters. The predicted molar refractivity (Wildman–Crippen MR) is 106 cm³/mol.